The molecule has 0 aliphatic heterocycles. The number of amides is 4. The minimum absolute atomic E-state index is 0.639. The molecule has 0 heterocycles. The van der Waals surface area contributed by atoms with Crippen LogP contribution in [-0.4, -0.2) is 59.8 Å². The maximum Gasteiger partial charge on any atom is 0.408 e. The van der Waals surface area contributed by atoms with Crippen LogP contribution in [0.1, 0.15) is 55.4 Å². The summed E-state index contributed by atoms with van der Waals surface area (Å²) in [4.78, 5) is 48.1. The first-order chi connectivity index (χ1) is 12.8. The highest BCUT2D eigenvalue weighted by molar-refractivity contribution is 7.95. The van der Waals surface area contributed by atoms with E-state index in [0.717, 1.165) is 0 Å². The lowest BCUT2D eigenvalue weighted by molar-refractivity contribution is -0.119. The van der Waals surface area contributed by atoms with Crippen LogP contribution in [0.25, 0.3) is 0 Å². The summed E-state index contributed by atoms with van der Waals surface area (Å²) in [7, 11) is -2.35. The topological polar surface area (TPSA) is 136 Å². The third-order valence-corrected chi connectivity index (χ3v) is 4.09. The van der Waals surface area contributed by atoms with Crippen LogP contribution in [0, 0.1) is 0 Å². The minimum atomic E-state index is -2.35. The van der Waals surface area contributed by atoms with Gasteiger partial charge in [0.15, 0.2) is 0 Å². The Bertz CT molecular complexity index is 702. The molecule has 0 unspecified atom stereocenters. The first kappa shape index (κ1) is 26.8. The van der Waals surface area contributed by atoms with E-state index in [0.29, 0.717) is 0 Å². The molecule has 0 saturated heterocycles. The van der Waals surface area contributed by atoms with E-state index in [-0.39, 0.29) is 0 Å². The number of nitrogens with zero attached hydrogens (tertiary/aromatic N) is 2. The molecule has 0 aromatic rings. The molecule has 0 spiro atoms. The predicted octanol–water partition coefficient (Wildman–Crippen LogP) is 2.65. The van der Waals surface area contributed by atoms with Crippen molar-refractivity contribution in [3.05, 3.63) is 0 Å². The molecule has 0 aromatic heterocycles. The fourth-order valence-electron chi connectivity index (χ4n) is 1.71. The van der Waals surface area contributed by atoms with Crippen LogP contribution in [0.4, 0.5) is 9.59 Å². The fraction of sp³-hybridized carbons (Fsp3) is 0.778. The quantitative estimate of drug-likeness (QED) is 0.698. The van der Waals surface area contributed by atoms with Gasteiger partial charge in [-0.05, 0) is 65.0 Å². The fourth-order valence-corrected chi connectivity index (χ4v) is 2.95. The van der Waals surface area contributed by atoms with Crippen molar-refractivity contribution >= 4 is 33.6 Å². The van der Waals surface area contributed by atoms with Crippen LogP contribution in [0.3, 0.4) is 0 Å². The van der Waals surface area contributed by atoms with Crippen LogP contribution >= 0.6 is 0 Å². The highest BCUT2D eigenvalue weighted by Gasteiger charge is 2.23. The zero-order chi connectivity index (χ0) is 23.2. The first-order valence-electron chi connectivity index (χ1n) is 9.07. The van der Waals surface area contributed by atoms with Crippen molar-refractivity contribution in [2.75, 3.05) is 12.5 Å². The number of nitrogens with one attached hydrogen (secondary N) is 2. The van der Waals surface area contributed by atoms with Crippen LogP contribution in [0.15, 0.2) is 8.73 Å². The smallest absolute Gasteiger partial charge is 0.408 e. The zero-order valence-electron chi connectivity index (χ0n) is 18.9. The maximum absolute atomic E-state index is 12.3. The molecule has 168 valence electrons. The summed E-state index contributed by atoms with van der Waals surface area (Å²) >= 11 is 0. The summed E-state index contributed by atoms with van der Waals surface area (Å²) in [6.07, 6.45) is 1.60. The Hall–Kier alpha value is -2.17. The summed E-state index contributed by atoms with van der Waals surface area (Å²) in [6.45, 7) is 13.1. The van der Waals surface area contributed by atoms with E-state index in [1.54, 1.807) is 54.1 Å². The van der Waals surface area contributed by atoms with E-state index in [4.69, 9.17) is 9.47 Å². The van der Waals surface area contributed by atoms with Gasteiger partial charge in [0.05, 0.1) is 0 Å². The summed E-state index contributed by atoms with van der Waals surface area (Å²) in [5.74, 6) is -1.28. The molecule has 10 nitrogen and oxygen atoms in total. The normalized spacial score (nSPS) is 14.1. The molecule has 0 bridgehead atoms. The van der Waals surface area contributed by atoms with Crippen LogP contribution in [-0.2, 0) is 28.7 Å². The lowest BCUT2D eigenvalue weighted by atomic mass is 10.2. The number of rotatable bonds is 4. The number of alkyl carbamates (subject to hydrolysis) is 2. The van der Waals surface area contributed by atoms with Gasteiger partial charge in [-0.2, -0.15) is 8.73 Å². The molecule has 0 aliphatic rings. The van der Waals surface area contributed by atoms with Gasteiger partial charge in [-0.1, -0.05) is 0 Å². The summed E-state index contributed by atoms with van der Waals surface area (Å²) in [5.41, 5.74) is -1.40. The molecule has 11 heteroatoms. The summed E-state index contributed by atoms with van der Waals surface area (Å²) in [6, 6.07) is -1.89. The molecule has 0 rings (SSSR count). The Kier molecular flexibility index (Phi) is 9.29. The molecular weight excluding hydrogens is 400 g/mol. The van der Waals surface area contributed by atoms with Gasteiger partial charge >= 0.3 is 12.2 Å². The van der Waals surface area contributed by atoms with Crippen molar-refractivity contribution in [1.82, 2.24) is 10.6 Å². The van der Waals surface area contributed by atoms with Gasteiger partial charge in [0.25, 0.3) is 11.8 Å². The monoisotopic (exact) mass is 434 g/mol. The molecule has 2 N–H and O–H groups in total. The number of carbonyl (C=O) groups is 4. The average Bonchev–Trinajstić information content (AvgIpc) is 2.41. The number of ether oxygens (including phenoxy) is 2. The molecular formula is C18H34N4O6S. The van der Waals surface area contributed by atoms with Gasteiger partial charge < -0.3 is 20.1 Å². The van der Waals surface area contributed by atoms with Crippen molar-refractivity contribution in [2.24, 2.45) is 8.73 Å². The van der Waals surface area contributed by atoms with Crippen molar-refractivity contribution in [1.29, 1.82) is 0 Å². The Balaban J connectivity index is 5.14. The van der Waals surface area contributed by atoms with E-state index in [1.165, 1.54) is 13.8 Å². The minimum Gasteiger partial charge on any atom is -0.444 e. The highest BCUT2D eigenvalue weighted by atomic mass is 32.2. The Morgan fingerprint density at radius 1 is 0.724 bits per heavy atom. The van der Waals surface area contributed by atoms with E-state index in [9.17, 15) is 19.2 Å². The molecule has 0 aliphatic carbocycles. The largest absolute Gasteiger partial charge is 0.444 e. The SMILES string of the molecule is C[C@H](NC(=O)OC(C)(C)C)C(=O)N=S(C)(C)=NC(=O)[C@H](C)NC(=O)OC(C)(C)C. The van der Waals surface area contributed by atoms with Crippen molar-refractivity contribution in [3.8, 4) is 0 Å². The van der Waals surface area contributed by atoms with Crippen LogP contribution in [0.2, 0.25) is 0 Å². The first-order valence-corrected chi connectivity index (χ1v) is 11.4. The average molecular weight is 435 g/mol. The van der Waals surface area contributed by atoms with Crippen molar-refractivity contribution in [3.63, 3.8) is 0 Å². The third kappa shape index (κ3) is 12.8. The lowest BCUT2D eigenvalue weighted by Gasteiger charge is -2.21. The predicted molar refractivity (Wildman–Crippen MR) is 112 cm³/mol. The Labute approximate surface area is 173 Å². The van der Waals surface area contributed by atoms with E-state index in [1.807, 2.05) is 0 Å². The molecule has 0 fully saturated rings. The molecule has 4 amide bonds. The number of hydrogen-bond acceptors (Lipinski definition) is 6. The van der Waals surface area contributed by atoms with Gasteiger partial charge in [0.2, 0.25) is 0 Å². The van der Waals surface area contributed by atoms with Crippen molar-refractivity contribution < 1.29 is 28.7 Å². The van der Waals surface area contributed by atoms with E-state index < -0.39 is 56.9 Å². The van der Waals surface area contributed by atoms with Crippen LogP contribution < -0.4 is 10.6 Å². The molecule has 0 aromatic carbocycles. The third-order valence-electron chi connectivity index (χ3n) is 2.83. The van der Waals surface area contributed by atoms with Crippen molar-refractivity contribution in [2.45, 2.75) is 78.7 Å². The molecule has 2 atom stereocenters. The lowest BCUT2D eigenvalue weighted by Crippen LogP contribution is -2.42. The molecule has 29 heavy (non-hydrogen) atoms. The second kappa shape index (κ2) is 10.0. The van der Waals surface area contributed by atoms with E-state index in [2.05, 4.69) is 19.4 Å². The van der Waals surface area contributed by atoms with Crippen LogP contribution in [0.5, 0.6) is 0 Å². The zero-order valence-corrected chi connectivity index (χ0v) is 19.7. The maximum atomic E-state index is 12.3. The highest BCUT2D eigenvalue weighted by Crippen LogP contribution is 2.08. The van der Waals surface area contributed by atoms with Gasteiger partial charge in [-0.25, -0.2) is 9.59 Å². The van der Waals surface area contributed by atoms with Gasteiger partial charge in [-0.15, -0.1) is 0 Å². The number of hydrogen-bond donors (Lipinski definition) is 2. The Morgan fingerprint density at radius 2 is 1.00 bits per heavy atom. The summed E-state index contributed by atoms with van der Waals surface area (Å²) in [5, 5.41) is 4.78. The van der Waals surface area contributed by atoms with E-state index >= 15 is 0 Å². The second-order valence-electron chi connectivity index (χ2n) is 8.82. The standard InChI is InChI=1S/C18H34N4O6S/c1-11(19-15(25)27-17(3,4)5)13(23)21-29(9,10)22-14(24)12(2)20-16(26)28-18(6,7)8/h11-12H,1-10H3,(H,19,25)(H,20,26)/t11-,12-/m0/s1. The number of carbonyl (C=O) groups excluding carboxylic acids is 4. The van der Waals surface area contributed by atoms with Gasteiger partial charge in [-0.3, -0.25) is 9.59 Å². The Morgan fingerprint density at radius 3 is 1.24 bits per heavy atom. The van der Waals surface area contributed by atoms with Gasteiger partial charge in [0.1, 0.15) is 23.3 Å². The van der Waals surface area contributed by atoms with Gasteiger partial charge in [0, 0.05) is 12.5 Å². The molecule has 0 radical (unpaired) electrons. The second-order valence-corrected chi connectivity index (χ2v) is 11.6. The molecule has 0 saturated carbocycles. The summed E-state index contributed by atoms with van der Waals surface area (Å²) < 4.78 is 18.1.